The molecule has 0 aromatic heterocycles. The molecular formula is C6H9NO3. The summed E-state index contributed by atoms with van der Waals surface area (Å²) in [5.74, 6) is -0.652. The van der Waals surface area contributed by atoms with Crippen LogP contribution in [0.1, 0.15) is 19.3 Å². The van der Waals surface area contributed by atoms with E-state index >= 15 is 0 Å². The third-order valence-electron chi connectivity index (χ3n) is 1.67. The Morgan fingerprint density at radius 3 is 2.60 bits per heavy atom. The van der Waals surface area contributed by atoms with E-state index in [0.717, 1.165) is 12.8 Å². The number of hydrogen-bond donors (Lipinski definition) is 1. The van der Waals surface area contributed by atoms with E-state index in [2.05, 4.69) is 5.18 Å². The zero-order valence-electron chi connectivity index (χ0n) is 5.49. The molecule has 4 heteroatoms. The number of hydrogen-bond acceptors (Lipinski definition) is 3. The van der Waals surface area contributed by atoms with Gasteiger partial charge >= 0.3 is 5.97 Å². The number of carboxylic acid groups (broad SMARTS) is 1. The van der Waals surface area contributed by atoms with Crippen LogP contribution in [0.25, 0.3) is 0 Å². The van der Waals surface area contributed by atoms with Crippen LogP contribution in [0.4, 0.5) is 0 Å². The summed E-state index contributed by atoms with van der Waals surface area (Å²) in [5.41, 5.74) is 0. The summed E-state index contributed by atoms with van der Waals surface area (Å²) < 4.78 is 0. The highest BCUT2D eigenvalue weighted by Crippen LogP contribution is 2.34. The number of rotatable bonds is 4. The molecule has 10 heavy (non-hydrogen) atoms. The molecule has 0 bridgehead atoms. The van der Waals surface area contributed by atoms with Crippen molar-refractivity contribution >= 4 is 5.97 Å². The third-order valence-corrected chi connectivity index (χ3v) is 1.67. The average molecular weight is 143 g/mol. The van der Waals surface area contributed by atoms with Crippen LogP contribution < -0.4 is 0 Å². The van der Waals surface area contributed by atoms with E-state index in [-0.39, 0.29) is 0 Å². The molecule has 1 fully saturated rings. The van der Waals surface area contributed by atoms with E-state index in [1.807, 2.05) is 0 Å². The minimum Gasteiger partial charge on any atom is -0.480 e. The Kier molecular flexibility index (Phi) is 1.99. The highest BCUT2D eigenvalue weighted by molar-refractivity contribution is 5.73. The zero-order valence-corrected chi connectivity index (χ0v) is 5.49. The Labute approximate surface area is 58.2 Å². The molecule has 1 unspecified atom stereocenters. The van der Waals surface area contributed by atoms with Gasteiger partial charge in [0.05, 0.1) is 0 Å². The highest BCUT2D eigenvalue weighted by atomic mass is 16.4. The van der Waals surface area contributed by atoms with Gasteiger partial charge < -0.3 is 5.11 Å². The molecule has 0 heterocycles. The van der Waals surface area contributed by atoms with Crippen LogP contribution in [0.3, 0.4) is 0 Å². The molecule has 1 saturated carbocycles. The van der Waals surface area contributed by atoms with Gasteiger partial charge in [-0.25, -0.2) is 4.79 Å². The average Bonchev–Trinajstić information content (AvgIpc) is 2.64. The summed E-state index contributed by atoms with van der Waals surface area (Å²) in [4.78, 5) is 20.1. The van der Waals surface area contributed by atoms with Crippen molar-refractivity contribution in [2.45, 2.75) is 25.3 Å². The lowest BCUT2D eigenvalue weighted by Crippen LogP contribution is -2.17. The van der Waals surface area contributed by atoms with Crippen molar-refractivity contribution in [2.75, 3.05) is 0 Å². The van der Waals surface area contributed by atoms with E-state index < -0.39 is 12.0 Å². The number of nitrogens with zero attached hydrogens (tertiary/aromatic N) is 1. The number of nitroso groups, excluding NO2 is 1. The number of carbonyl (C=O) groups is 1. The molecule has 56 valence electrons. The largest absolute Gasteiger partial charge is 0.480 e. The molecule has 4 nitrogen and oxygen atoms in total. The lowest BCUT2D eigenvalue weighted by atomic mass is 10.1. The molecule has 1 rings (SSSR count). The van der Waals surface area contributed by atoms with Crippen molar-refractivity contribution in [1.82, 2.24) is 0 Å². The second-order valence-electron chi connectivity index (χ2n) is 2.64. The summed E-state index contributed by atoms with van der Waals surface area (Å²) in [7, 11) is 0. The van der Waals surface area contributed by atoms with Crippen molar-refractivity contribution < 1.29 is 9.90 Å². The molecule has 0 radical (unpaired) electrons. The van der Waals surface area contributed by atoms with Crippen molar-refractivity contribution in [3.8, 4) is 0 Å². The van der Waals surface area contributed by atoms with Crippen molar-refractivity contribution in [3.05, 3.63) is 4.91 Å². The number of aliphatic carboxylic acids is 1. The lowest BCUT2D eigenvalue weighted by Gasteiger charge is -1.99. The molecule has 0 spiro atoms. The van der Waals surface area contributed by atoms with Crippen LogP contribution in [-0.2, 0) is 4.79 Å². The van der Waals surface area contributed by atoms with Crippen LogP contribution in [0.2, 0.25) is 0 Å². The molecule has 1 aliphatic carbocycles. The van der Waals surface area contributed by atoms with E-state index in [1.54, 1.807) is 0 Å². The molecular weight excluding hydrogens is 134 g/mol. The first-order valence-electron chi connectivity index (χ1n) is 3.29. The van der Waals surface area contributed by atoms with Crippen LogP contribution in [0.5, 0.6) is 0 Å². The second kappa shape index (κ2) is 2.77. The maximum atomic E-state index is 10.2. The molecule has 0 aromatic rings. The van der Waals surface area contributed by atoms with Gasteiger partial charge in [-0.15, -0.1) is 4.91 Å². The van der Waals surface area contributed by atoms with Gasteiger partial charge in [0, 0.05) is 0 Å². The first kappa shape index (κ1) is 7.18. The molecule has 0 saturated heterocycles. The quantitative estimate of drug-likeness (QED) is 0.597. The Balaban J connectivity index is 2.31. The SMILES string of the molecule is O=NC(CC1CC1)C(=O)O. The Hall–Kier alpha value is -0.930. The third kappa shape index (κ3) is 1.79. The standard InChI is InChI=1S/C6H9NO3/c8-6(9)5(7-10)3-4-1-2-4/h4-5H,1-3H2,(H,8,9). The smallest absolute Gasteiger partial charge is 0.332 e. The Bertz CT molecular complexity index is 153. The summed E-state index contributed by atoms with van der Waals surface area (Å²) in [6, 6.07) is -1.01. The normalized spacial score (nSPS) is 20.0. The van der Waals surface area contributed by atoms with Gasteiger partial charge in [-0.1, -0.05) is 18.0 Å². The van der Waals surface area contributed by atoms with E-state index in [9.17, 15) is 9.70 Å². The van der Waals surface area contributed by atoms with E-state index in [4.69, 9.17) is 5.11 Å². The summed E-state index contributed by atoms with van der Waals surface area (Å²) in [6.07, 6.45) is 2.54. The first-order valence-corrected chi connectivity index (χ1v) is 3.29. The predicted octanol–water partition coefficient (Wildman–Crippen LogP) is 1.01. The van der Waals surface area contributed by atoms with Gasteiger partial charge in [0.2, 0.25) is 0 Å². The first-order chi connectivity index (χ1) is 4.74. The van der Waals surface area contributed by atoms with Crippen LogP contribution in [-0.4, -0.2) is 17.1 Å². The monoisotopic (exact) mass is 143 g/mol. The fourth-order valence-corrected chi connectivity index (χ4v) is 0.858. The summed E-state index contributed by atoms with van der Waals surface area (Å²) >= 11 is 0. The summed E-state index contributed by atoms with van der Waals surface area (Å²) in [5, 5.41) is 10.9. The molecule has 1 N–H and O–H groups in total. The van der Waals surface area contributed by atoms with E-state index in [1.165, 1.54) is 0 Å². The zero-order chi connectivity index (χ0) is 7.56. The Morgan fingerprint density at radius 2 is 2.30 bits per heavy atom. The van der Waals surface area contributed by atoms with Crippen molar-refractivity contribution in [3.63, 3.8) is 0 Å². The maximum Gasteiger partial charge on any atom is 0.332 e. The lowest BCUT2D eigenvalue weighted by molar-refractivity contribution is -0.138. The number of carboxylic acids is 1. The van der Waals surface area contributed by atoms with Gasteiger partial charge in [0.1, 0.15) is 0 Å². The molecule has 0 aliphatic heterocycles. The molecule has 0 amide bonds. The minimum atomic E-state index is -1.10. The minimum absolute atomic E-state index is 0.429. The second-order valence-corrected chi connectivity index (χ2v) is 2.64. The van der Waals surface area contributed by atoms with Gasteiger partial charge in [-0.2, -0.15) is 0 Å². The van der Waals surface area contributed by atoms with E-state index in [0.29, 0.717) is 12.3 Å². The fraction of sp³-hybridized carbons (Fsp3) is 0.833. The van der Waals surface area contributed by atoms with Crippen molar-refractivity contribution in [2.24, 2.45) is 11.1 Å². The fourth-order valence-electron chi connectivity index (χ4n) is 0.858. The molecule has 1 aliphatic rings. The van der Waals surface area contributed by atoms with Gasteiger partial charge in [-0.3, -0.25) is 0 Å². The highest BCUT2D eigenvalue weighted by Gasteiger charge is 2.29. The summed E-state index contributed by atoms with van der Waals surface area (Å²) in [6.45, 7) is 0. The Morgan fingerprint density at radius 1 is 1.70 bits per heavy atom. The maximum absolute atomic E-state index is 10.2. The van der Waals surface area contributed by atoms with Gasteiger partial charge in [0.25, 0.3) is 0 Å². The molecule has 0 aromatic carbocycles. The predicted molar refractivity (Wildman–Crippen MR) is 34.6 cm³/mol. The van der Waals surface area contributed by atoms with Crippen LogP contribution in [0.15, 0.2) is 5.18 Å². The van der Waals surface area contributed by atoms with Crippen LogP contribution in [0, 0.1) is 10.8 Å². The van der Waals surface area contributed by atoms with Crippen LogP contribution >= 0.6 is 0 Å². The van der Waals surface area contributed by atoms with Crippen molar-refractivity contribution in [1.29, 1.82) is 0 Å². The topological polar surface area (TPSA) is 66.7 Å². The van der Waals surface area contributed by atoms with Gasteiger partial charge in [0.15, 0.2) is 6.04 Å². The van der Waals surface area contributed by atoms with Gasteiger partial charge in [-0.05, 0) is 12.3 Å². The molecule has 1 atom stereocenters.